The van der Waals surface area contributed by atoms with Gasteiger partial charge in [-0.15, -0.1) is 0 Å². The number of rotatable bonds is 5. The molecule has 0 aliphatic rings. The molecule has 9 heteroatoms. The number of carbonyl (C=O) groups is 2. The van der Waals surface area contributed by atoms with Crippen LogP contribution in [0.1, 0.15) is 15.9 Å². The number of hydrogen-bond donors (Lipinski definition) is 1. The Bertz CT molecular complexity index is 1080. The Balaban J connectivity index is 1.97. The highest BCUT2D eigenvalue weighted by Gasteiger charge is 2.27. The van der Waals surface area contributed by atoms with Crippen molar-refractivity contribution in [3.05, 3.63) is 74.9 Å². The van der Waals surface area contributed by atoms with Gasteiger partial charge in [0.05, 0.1) is 17.6 Å². The molecule has 0 aliphatic heterocycles. The number of carbonyl (C=O) groups excluding carboxylic acids is 2. The maximum Gasteiger partial charge on any atom is 0.328 e. The van der Waals surface area contributed by atoms with Crippen LogP contribution in [0.2, 0.25) is 5.02 Å². The highest BCUT2D eigenvalue weighted by atomic mass is 79.9. The lowest BCUT2D eigenvalue weighted by molar-refractivity contribution is -0.142. The fourth-order valence-electron chi connectivity index (χ4n) is 2.91. The summed E-state index contributed by atoms with van der Waals surface area (Å²) in [6.45, 7) is 0. The number of pyridine rings is 1. The van der Waals surface area contributed by atoms with Crippen LogP contribution in [-0.2, 0) is 16.0 Å². The van der Waals surface area contributed by atoms with Gasteiger partial charge < -0.3 is 10.1 Å². The second kappa shape index (κ2) is 8.84. The van der Waals surface area contributed by atoms with Crippen molar-refractivity contribution in [2.45, 2.75) is 12.5 Å². The van der Waals surface area contributed by atoms with Crippen molar-refractivity contribution in [3.63, 3.8) is 0 Å². The summed E-state index contributed by atoms with van der Waals surface area (Å²) in [5.74, 6) is -3.90. The van der Waals surface area contributed by atoms with E-state index in [2.05, 4.69) is 26.2 Å². The average Bonchev–Trinajstić information content (AvgIpc) is 2.68. The van der Waals surface area contributed by atoms with Gasteiger partial charge in [0.1, 0.15) is 23.2 Å². The highest BCUT2D eigenvalue weighted by molar-refractivity contribution is 9.10. The minimum Gasteiger partial charge on any atom is -0.467 e. The lowest BCUT2D eigenvalue weighted by Gasteiger charge is -2.18. The SMILES string of the molecule is COC(=O)[C@H](Cc1ccc(Br)c2c(Cl)ccnc12)NC(=O)c1c(F)cccc1F. The van der Waals surface area contributed by atoms with Gasteiger partial charge in [-0.2, -0.15) is 0 Å². The van der Waals surface area contributed by atoms with E-state index in [1.165, 1.54) is 6.20 Å². The predicted molar refractivity (Wildman–Crippen MR) is 108 cm³/mol. The first kappa shape index (κ1) is 21.1. The molecule has 0 aliphatic carbocycles. The molecule has 1 N–H and O–H groups in total. The average molecular weight is 484 g/mol. The van der Waals surface area contributed by atoms with Crippen LogP contribution in [0.4, 0.5) is 8.78 Å². The largest absolute Gasteiger partial charge is 0.467 e. The molecular formula is C20H14BrClF2N2O3. The number of nitrogens with zero attached hydrogens (tertiary/aromatic N) is 1. The number of hydrogen-bond acceptors (Lipinski definition) is 4. The molecule has 0 unspecified atom stereocenters. The van der Waals surface area contributed by atoms with Crippen LogP contribution in [0, 0.1) is 11.6 Å². The molecule has 1 atom stereocenters. The number of nitrogens with one attached hydrogen (secondary N) is 1. The van der Waals surface area contributed by atoms with Crippen LogP contribution in [0.3, 0.4) is 0 Å². The van der Waals surface area contributed by atoms with E-state index in [9.17, 15) is 18.4 Å². The number of fused-ring (bicyclic) bond motifs is 1. The number of ether oxygens (including phenoxy) is 1. The lowest BCUT2D eigenvalue weighted by atomic mass is 10.0. The third kappa shape index (κ3) is 4.38. The van der Waals surface area contributed by atoms with E-state index >= 15 is 0 Å². The van der Waals surface area contributed by atoms with Crippen LogP contribution in [0.15, 0.2) is 47.1 Å². The number of amides is 1. The van der Waals surface area contributed by atoms with Gasteiger partial charge in [-0.25, -0.2) is 13.6 Å². The number of methoxy groups -OCH3 is 1. The third-order valence-corrected chi connectivity index (χ3v) is 5.25. The maximum absolute atomic E-state index is 13.9. The Morgan fingerprint density at radius 3 is 2.55 bits per heavy atom. The quantitative estimate of drug-likeness (QED) is 0.545. The van der Waals surface area contributed by atoms with Crippen LogP contribution in [0.5, 0.6) is 0 Å². The number of halogens is 4. The zero-order chi connectivity index (χ0) is 21.1. The first-order valence-corrected chi connectivity index (χ1v) is 9.55. The Morgan fingerprint density at radius 1 is 1.21 bits per heavy atom. The Labute approximate surface area is 178 Å². The second-order valence-electron chi connectivity index (χ2n) is 6.07. The van der Waals surface area contributed by atoms with Gasteiger partial charge in [-0.1, -0.05) is 39.7 Å². The molecule has 1 heterocycles. The molecule has 0 saturated carbocycles. The molecule has 29 heavy (non-hydrogen) atoms. The summed E-state index contributed by atoms with van der Waals surface area (Å²) in [7, 11) is 1.15. The molecule has 2 aromatic carbocycles. The first-order valence-electron chi connectivity index (χ1n) is 8.37. The Kier molecular flexibility index (Phi) is 6.44. The Morgan fingerprint density at radius 2 is 1.90 bits per heavy atom. The first-order chi connectivity index (χ1) is 13.8. The normalized spacial score (nSPS) is 11.9. The number of benzene rings is 2. The van der Waals surface area contributed by atoms with Crippen LogP contribution in [-0.4, -0.2) is 30.0 Å². The minimum absolute atomic E-state index is 0.0222. The Hall–Kier alpha value is -2.58. The fraction of sp³-hybridized carbons (Fsp3) is 0.150. The van der Waals surface area contributed by atoms with Gasteiger partial charge in [-0.3, -0.25) is 9.78 Å². The van der Waals surface area contributed by atoms with E-state index in [1.807, 2.05) is 0 Å². The highest BCUT2D eigenvalue weighted by Crippen LogP contribution is 2.32. The van der Waals surface area contributed by atoms with E-state index in [4.69, 9.17) is 16.3 Å². The summed E-state index contributed by atoms with van der Waals surface area (Å²) in [5, 5.41) is 3.44. The van der Waals surface area contributed by atoms with E-state index < -0.39 is 35.1 Å². The molecule has 0 bridgehead atoms. The van der Waals surface area contributed by atoms with E-state index in [0.29, 0.717) is 26.0 Å². The van der Waals surface area contributed by atoms with Crippen molar-refractivity contribution in [1.29, 1.82) is 0 Å². The lowest BCUT2D eigenvalue weighted by Crippen LogP contribution is -2.43. The third-order valence-electron chi connectivity index (χ3n) is 4.28. The molecule has 0 fully saturated rings. The molecule has 150 valence electrons. The van der Waals surface area contributed by atoms with E-state index in [0.717, 1.165) is 25.3 Å². The van der Waals surface area contributed by atoms with Crippen LogP contribution in [0.25, 0.3) is 10.9 Å². The zero-order valence-corrected chi connectivity index (χ0v) is 17.4. The van der Waals surface area contributed by atoms with Crippen molar-refractivity contribution in [2.75, 3.05) is 7.11 Å². The second-order valence-corrected chi connectivity index (χ2v) is 7.33. The standard InChI is InChI=1S/C20H14BrClF2N2O3/c1-29-20(28)15(26-19(27)17-13(23)3-2-4-14(17)24)9-10-5-6-11(21)16-12(22)7-8-25-18(10)16/h2-8,15H,9H2,1H3,(H,26,27)/t15-/m0/s1. The van der Waals surface area contributed by atoms with Crippen molar-refractivity contribution in [1.82, 2.24) is 10.3 Å². The smallest absolute Gasteiger partial charge is 0.328 e. The fourth-order valence-corrected chi connectivity index (χ4v) is 3.81. The zero-order valence-electron chi connectivity index (χ0n) is 15.0. The van der Waals surface area contributed by atoms with Crippen LogP contribution < -0.4 is 5.32 Å². The number of esters is 1. The minimum atomic E-state index is -1.20. The van der Waals surface area contributed by atoms with Gasteiger partial charge in [0, 0.05) is 22.5 Å². The van der Waals surface area contributed by atoms with E-state index in [1.54, 1.807) is 18.2 Å². The monoisotopic (exact) mass is 482 g/mol. The summed E-state index contributed by atoms with van der Waals surface area (Å²) >= 11 is 9.65. The predicted octanol–water partition coefficient (Wildman–Crippen LogP) is 4.44. The molecule has 1 aromatic heterocycles. The van der Waals surface area contributed by atoms with Gasteiger partial charge >= 0.3 is 5.97 Å². The van der Waals surface area contributed by atoms with Crippen molar-refractivity contribution in [3.8, 4) is 0 Å². The van der Waals surface area contributed by atoms with Crippen molar-refractivity contribution >= 4 is 50.3 Å². The van der Waals surface area contributed by atoms with Gasteiger partial charge in [0.25, 0.3) is 5.91 Å². The molecular weight excluding hydrogens is 470 g/mol. The summed E-state index contributed by atoms with van der Waals surface area (Å²) in [4.78, 5) is 29.0. The molecule has 5 nitrogen and oxygen atoms in total. The summed E-state index contributed by atoms with van der Waals surface area (Å²) < 4.78 is 33.3. The number of aromatic nitrogens is 1. The van der Waals surface area contributed by atoms with Gasteiger partial charge in [0.15, 0.2) is 0 Å². The maximum atomic E-state index is 13.9. The van der Waals surface area contributed by atoms with Crippen molar-refractivity contribution in [2.24, 2.45) is 0 Å². The molecule has 0 spiro atoms. The summed E-state index contributed by atoms with van der Waals surface area (Å²) in [6.07, 6.45) is 1.49. The summed E-state index contributed by atoms with van der Waals surface area (Å²) in [6, 6.07) is 6.93. The van der Waals surface area contributed by atoms with Gasteiger partial charge in [-0.05, 0) is 29.8 Å². The summed E-state index contributed by atoms with van der Waals surface area (Å²) in [5.41, 5.74) is 0.339. The van der Waals surface area contributed by atoms with Crippen molar-refractivity contribution < 1.29 is 23.1 Å². The topological polar surface area (TPSA) is 68.3 Å². The van der Waals surface area contributed by atoms with E-state index in [-0.39, 0.29) is 6.42 Å². The molecule has 0 radical (unpaired) electrons. The van der Waals surface area contributed by atoms with Crippen LogP contribution >= 0.6 is 27.5 Å². The molecule has 1 amide bonds. The molecule has 3 rings (SSSR count). The molecule has 0 saturated heterocycles. The molecule has 3 aromatic rings. The van der Waals surface area contributed by atoms with Gasteiger partial charge in [0.2, 0.25) is 0 Å².